The number of fused-ring (bicyclic) bond motifs is 2. The summed E-state index contributed by atoms with van der Waals surface area (Å²) in [6, 6.07) is 0. The van der Waals surface area contributed by atoms with Crippen LogP contribution in [0.25, 0.3) is 22.3 Å². The Kier molecular flexibility index (Phi) is 9.31. The second kappa shape index (κ2) is 13.1. The molecule has 6 rings (SSSR count). The second-order valence-electron chi connectivity index (χ2n) is 10.3. The van der Waals surface area contributed by atoms with Crippen molar-refractivity contribution < 1.29 is 57.7 Å². The standard InChI is InChI=1S/C22H30N10O12P2/c23-17-11-19(27-3-25-17)31(5-29-11)21-13(34)15(9(1-33)43-21)41-8-46(38,39)42-2-10-16(40-7-45(36)37)14(35)22(44-10)32-6-30-12-18(24)26-4-28-20(12)32/h3-6,9-10,13-16,21-22,33-35,45H,1-2,7-8H2,(H,36,37)(H,38,39)(H2,23,25,27)(H2,24,26,28)/t9-,10-,13?,14?,15?,16?,21-,22-/m1/s1. The summed E-state index contributed by atoms with van der Waals surface area (Å²) in [5.74, 6) is 0.176. The first-order valence-corrected chi connectivity index (χ1v) is 16.9. The Balaban J connectivity index is 1.13. The number of aliphatic hydroxyl groups excluding tert-OH is 3. The first-order valence-electron chi connectivity index (χ1n) is 13.5. The number of imidazole rings is 2. The van der Waals surface area contributed by atoms with Gasteiger partial charge in [-0.15, -0.1) is 0 Å². The van der Waals surface area contributed by atoms with E-state index in [1.807, 2.05) is 0 Å². The summed E-state index contributed by atoms with van der Waals surface area (Å²) in [5, 5.41) is 31.9. The number of nitrogen functional groups attached to an aromatic ring is 2. The lowest BCUT2D eigenvalue weighted by Crippen LogP contribution is -2.37. The molecule has 4 aromatic rings. The average Bonchev–Trinajstić information content (AvgIpc) is 3.78. The first-order chi connectivity index (χ1) is 22.0. The molecule has 2 aliphatic rings. The molecule has 0 spiro atoms. The lowest BCUT2D eigenvalue weighted by molar-refractivity contribution is -0.0605. The number of nitrogens with two attached hydrogens (primary N) is 2. The van der Waals surface area contributed by atoms with Crippen molar-refractivity contribution in [2.24, 2.45) is 0 Å². The van der Waals surface area contributed by atoms with Crippen LogP contribution in [0, 0.1) is 0 Å². The number of aliphatic hydroxyl groups is 3. The van der Waals surface area contributed by atoms with Gasteiger partial charge in [-0.3, -0.25) is 18.3 Å². The largest absolute Gasteiger partial charge is 0.394 e. The molecule has 6 heterocycles. The van der Waals surface area contributed by atoms with Crippen LogP contribution in [0.4, 0.5) is 11.6 Å². The molecule has 4 aromatic heterocycles. The summed E-state index contributed by atoms with van der Waals surface area (Å²) >= 11 is 0. The zero-order valence-corrected chi connectivity index (χ0v) is 25.4. The monoisotopic (exact) mass is 688 g/mol. The van der Waals surface area contributed by atoms with Gasteiger partial charge in [-0.25, -0.2) is 29.9 Å². The maximum Gasteiger partial charge on any atom is 0.353 e. The van der Waals surface area contributed by atoms with E-state index in [-0.39, 0.29) is 34.0 Å². The van der Waals surface area contributed by atoms with E-state index in [4.69, 9.17) is 34.9 Å². The third-order valence-corrected chi connectivity index (χ3v) is 8.83. The van der Waals surface area contributed by atoms with Gasteiger partial charge in [0.2, 0.25) is 8.03 Å². The third kappa shape index (κ3) is 6.22. The summed E-state index contributed by atoms with van der Waals surface area (Å²) in [6.45, 7) is -1.25. The molecular weight excluding hydrogens is 658 g/mol. The van der Waals surface area contributed by atoms with Crippen LogP contribution in [-0.4, -0.2) is 127 Å². The van der Waals surface area contributed by atoms with Crippen molar-refractivity contribution in [3.8, 4) is 0 Å². The van der Waals surface area contributed by atoms with Crippen molar-refractivity contribution in [3.63, 3.8) is 0 Å². The molecule has 10 atom stereocenters. The Morgan fingerprint density at radius 1 is 0.870 bits per heavy atom. The van der Waals surface area contributed by atoms with Gasteiger partial charge in [0, 0.05) is 0 Å². The zero-order chi connectivity index (χ0) is 32.7. The molecule has 2 saturated heterocycles. The Morgan fingerprint density at radius 3 is 1.91 bits per heavy atom. The van der Waals surface area contributed by atoms with E-state index in [1.54, 1.807) is 0 Å². The number of ether oxygens (including phenoxy) is 4. The number of hydrogen-bond acceptors (Lipinski definition) is 18. The molecule has 9 N–H and O–H groups in total. The molecule has 0 amide bonds. The highest BCUT2D eigenvalue weighted by Gasteiger charge is 2.49. The maximum absolute atomic E-state index is 13.0. The normalized spacial score (nSPS) is 30.3. The van der Waals surface area contributed by atoms with Gasteiger partial charge in [-0.1, -0.05) is 0 Å². The van der Waals surface area contributed by atoms with E-state index in [1.165, 1.54) is 34.4 Å². The predicted molar refractivity (Wildman–Crippen MR) is 153 cm³/mol. The number of nitrogens with zero attached hydrogens (tertiary/aromatic N) is 8. The van der Waals surface area contributed by atoms with Gasteiger partial charge in [-0.2, -0.15) is 0 Å². The fraction of sp³-hybridized carbons (Fsp3) is 0.545. The molecule has 250 valence electrons. The van der Waals surface area contributed by atoms with E-state index in [0.29, 0.717) is 0 Å². The molecule has 0 bridgehead atoms. The molecule has 0 aliphatic carbocycles. The van der Waals surface area contributed by atoms with E-state index in [2.05, 4.69) is 29.9 Å². The SMILES string of the molecule is Nc1ncnc2c1ncn2[C@@H]1O[C@H](CO)C(OCP(=O)(O)OC[C@H]2O[C@@H](n3cnc4c(N)ncnc43)C(O)C2OC[PH](=O)O)C1O. The smallest absolute Gasteiger partial charge is 0.353 e. The van der Waals surface area contributed by atoms with Crippen LogP contribution < -0.4 is 11.5 Å². The van der Waals surface area contributed by atoms with Crippen molar-refractivity contribution in [2.75, 3.05) is 37.4 Å². The van der Waals surface area contributed by atoms with Crippen molar-refractivity contribution >= 4 is 49.6 Å². The minimum atomic E-state index is -4.60. The van der Waals surface area contributed by atoms with Gasteiger partial charge in [0.15, 0.2) is 35.4 Å². The molecule has 46 heavy (non-hydrogen) atoms. The fourth-order valence-electron chi connectivity index (χ4n) is 5.28. The quantitative estimate of drug-likeness (QED) is 0.0769. The molecule has 2 fully saturated rings. The highest BCUT2D eigenvalue weighted by molar-refractivity contribution is 7.52. The molecule has 0 aromatic carbocycles. The molecule has 24 heteroatoms. The van der Waals surface area contributed by atoms with Gasteiger partial charge < -0.3 is 60.0 Å². The summed E-state index contributed by atoms with van der Waals surface area (Å²) in [6.07, 6.45) is -6.79. The molecule has 2 aliphatic heterocycles. The number of anilines is 2. The van der Waals surface area contributed by atoms with Crippen molar-refractivity contribution in [3.05, 3.63) is 25.3 Å². The van der Waals surface area contributed by atoms with Gasteiger partial charge in [0.05, 0.1) is 25.9 Å². The number of hydrogen-bond donors (Lipinski definition) is 7. The average molecular weight is 688 g/mol. The van der Waals surface area contributed by atoms with Crippen LogP contribution >= 0.6 is 15.6 Å². The lowest BCUT2D eigenvalue weighted by atomic mass is 10.1. The minimum Gasteiger partial charge on any atom is -0.394 e. The van der Waals surface area contributed by atoms with E-state index < -0.39 is 90.6 Å². The summed E-state index contributed by atoms with van der Waals surface area (Å²) in [7, 11) is -7.72. The molecular formula is C22H30N10O12P2. The second-order valence-corrected chi connectivity index (χ2v) is 13.2. The maximum atomic E-state index is 13.0. The molecule has 0 saturated carbocycles. The summed E-state index contributed by atoms with van der Waals surface area (Å²) < 4.78 is 54.9. The topological polar surface area (TPSA) is 321 Å². The zero-order valence-electron chi connectivity index (χ0n) is 23.5. The van der Waals surface area contributed by atoms with Crippen LogP contribution in [0.3, 0.4) is 0 Å². The third-order valence-electron chi connectivity index (χ3n) is 7.39. The van der Waals surface area contributed by atoms with Crippen LogP contribution in [-0.2, 0) is 32.6 Å². The van der Waals surface area contributed by atoms with Gasteiger partial charge >= 0.3 is 7.60 Å². The Labute approximate surface area is 258 Å². The molecule has 6 unspecified atom stereocenters. The highest BCUT2D eigenvalue weighted by Crippen LogP contribution is 2.45. The Morgan fingerprint density at radius 2 is 1.39 bits per heavy atom. The summed E-state index contributed by atoms with van der Waals surface area (Å²) in [5.41, 5.74) is 12.6. The first kappa shape index (κ1) is 32.7. The molecule has 22 nitrogen and oxygen atoms in total. The predicted octanol–water partition coefficient (Wildman–Crippen LogP) is -2.31. The molecule has 0 radical (unpaired) electrons. The highest BCUT2D eigenvalue weighted by atomic mass is 31.2. The van der Waals surface area contributed by atoms with Crippen molar-refractivity contribution in [1.82, 2.24) is 39.0 Å². The van der Waals surface area contributed by atoms with Crippen LogP contribution in [0.2, 0.25) is 0 Å². The van der Waals surface area contributed by atoms with Crippen LogP contribution in [0.15, 0.2) is 25.3 Å². The van der Waals surface area contributed by atoms with E-state index in [0.717, 1.165) is 0 Å². The van der Waals surface area contributed by atoms with Gasteiger partial charge in [0.25, 0.3) is 0 Å². The number of aromatic nitrogens is 8. The van der Waals surface area contributed by atoms with Crippen LogP contribution in [0.5, 0.6) is 0 Å². The Hall–Kier alpha value is -3.24. The van der Waals surface area contributed by atoms with Crippen molar-refractivity contribution in [1.29, 1.82) is 0 Å². The Bertz CT molecular complexity index is 1780. The van der Waals surface area contributed by atoms with Crippen molar-refractivity contribution in [2.45, 2.75) is 49.1 Å². The van der Waals surface area contributed by atoms with E-state index in [9.17, 15) is 34.2 Å². The number of rotatable bonds is 12. The lowest BCUT2D eigenvalue weighted by Gasteiger charge is -2.23. The summed E-state index contributed by atoms with van der Waals surface area (Å²) in [4.78, 5) is 44.1. The fourth-order valence-corrected chi connectivity index (χ4v) is 6.43. The van der Waals surface area contributed by atoms with Gasteiger partial charge in [0.1, 0.15) is 73.0 Å². The van der Waals surface area contributed by atoms with Gasteiger partial charge in [-0.05, 0) is 0 Å². The van der Waals surface area contributed by atoms with E-state index >= 15 is 0 Å². The minimum absolute atomic E-state index is 0.0774. The van der Waals surface area contributed by atoms with Crippen LogP contribution in [0.1, 0.15) is 12.5 Å².